The van der Waals surface area contributed by atoms with Crippen LogP contribution in [0.3, 0.4) is 0 Å². The summed E-state index contributed by atoms with van der Waals surface area (Å²) in [6.45, 7) is 6.66. The molecular formula is C11H20N2O2S. The number of amides is 3. The van der Waals surface area contributed by atoms with Gasteiger partial charge in [-0.15, -0.1) is 0 Å². The van der Waals surface area contributed by atoms with Crippen LogP contribution in [0, 0.1) is 0 Å². The maximum atomic E-state index is 11.8. The third-order valence-corrected chi connectivity index (χ3v) is 4.12. The maximum Gasteiger partial charge on any atom is 0.325 e. The number of urea groups is 1. The Bertz CT molecular complexity index is 277. The quantitative estimate of drug-likeness (QED) is 0.573. The highest BCUT2D eigenvalue weighted by atomic mass is 32.2. The van der Waals surface area contributed by atoms with Crippen LogP contribution in [0.4, 0.5) is 4.79 Å². The van der Waals surface area contributed by atoms with Crippen LogP contribution in [-0.2, 0) is 4.79 Å². The molecule has 1 aliphatic rings. The van der Waals surface area contributed by atoms with Crippen molar-refractivity contribution in [3.63, 3.8) is 0 Å². The fourth-order valence-electron chi connectivity index (χ4n) is 2.17. The molecule has 0 bridgehead atoms. The van der Waals surface area contributed by atoms with Crippen molar-refractivity contribution in [3.8, 4) is 0 Å². The number of carbonyl (C=O) groups is 2. The van der Waals surface area contributed by atoms with E-state index in [-0.39, 0.29) is 11.9 Å². The van der Waals surface area contributed by atoms with E-state index in [1.165, 1.54) is 0 Å². The van der Waals surface area contributed by atoms with Gasteiger partial charge in [0.05, 0.1) is 0 Å². The predicted octanol–water partition coefficient (Wildman–Crippen LogP) is 1.85. The average molecular weight is 244 g/mol. The molecule has 0 aliphatic carbocycles. The zero-order valence-corrected chi connectivity index (χ0v) is 11.0. The summed E-state index contributed by atoms with van der Waals surface area (Å²) in [7, 11) is 0. The average Bonchev–Trinajstić information content (AvgIpc) is 2.51. The van der Waals surface area contributed by atoms with Crippen LogP contribution < -0.4 is 5.32 Å². The first-order valence-electron chi connectivity index (χ1n) is 5.83. The molecule has 16 heavy (non-hydrogen) atoms. The van der Waals surface area contributed by atoms with Crippen molar-refractivity contribution in [3.05, 3.63) is 0 Å². The first-order chi connectivity index (χ1) is 7.62. The van der Waals surface area contributed by atoms with E-state index in [1.54, 1.807) is 16.7 Å². The number of carbonyl (C=O) groups excluding carboxylic acids is 2. The van der Waals surface area contributed by atoms with Crippen molar-refractivity contribution < 1.29 is 9.59 Å². The first kappa shape index (κ1) is 13.4. The van der Waals surface area contributed by atoms with Crippen molar-refractivity contribution >= 4 is 23.7 Å². The molecule has 0 unspecified atom stereocenters. The third-order valence-electron chi connectivity index (χ3n) is 3.24. The molecule has 0 aromatic carbocycles. The van der Waals surface area contributed by atoms with Crippen LogP contribution in [0.15, 0.2) is 0 Å². The van der Waals surface area contributed by atoms with Crippen molar-refractivity contribution in [2.45, 2.75) is 39.2 Å². The van der Waals surface area contributed by atoms with Crippen molar-refractivity contribution in [2.24, 2.45) is 0 Å². The lowest BCUT2D eigenvalue weighted by Gasteiger charge is -2.33. The zero-order chi connectivity index (χ0) is 12.2. The van der Waals surface area contributed by atoms with Gasteiger partial charge in [0.2, 0.25) is 0 Å². The molecule has 0 atom stereocenters. The lowest BCUT2D eigenvalue weighted by Crippen LogP contribution is -2.49. The van der Waals surface area contributed by atoms with Gasteiger partial charge >= 0.3 is 6.03 Å². The number of hydrogen-bond donors (Lipinski definition) is 1. The number of imide groups is 1. The topological polar surface area (TPSA) is 49.4 Å². The van der Waals surface area contributed by atoms with E-state index in [2.05, 4.69) is 12.2 Å². The predicted molar refractivity (Wildman–Crippen MR) is 66.6 cm³/mol. The molecule has 4 nitrogen and oxygen atoms in total. The molecule has 5 heteroatoms. The molecule has 0 aromatic heterocycles. The Morgan fingerprint density at radius 2 is 1.88 bits per heavy atom. The summed E-state index contributed by atoms with van der Waals surface area (Å²) < 4.78 is 0. The van der Waals surface area contributed by atoms with E-state index in [9.17, 15) is 9.59 Å². The van der Waals surface area contributed by atoms with E-state index in [0.29, 0.717) is 19.4 Å². The number of nitrogens with one attached hydrogen (secondary N) is 1. The Morgan fingerprint density at radius 1 is 1.25 bits per heavy atom. The van der Waals surface area contributed by atoms with Gasteiger partial charge in [-0.05, 0) is 18.6 Å². The molecular weight excluding hydrogens is 224 g/mol. The van der Waals surface area contributed by atoms with E-state index >= 15 is 0 Å². The minimum Gasteiger partial charge on any atom is -0.309 e. The normalized spacial score (nSPS) is 19.1. The highest BCUT2D eigenvalue weighted by molar-refractivity contribution is 7.99. The number of nitrogens with zero attached hydrogens (tertiary/aromatic N) is 1. The van der Waals surface area contributed by atoms with Crippen molar-refractivity contribution in [2.75, 3.05) is 18.1 Å². The SMILES string of the molecule is CCSCCN1C(=O)NC(=O)C1(CC)CC. The Balaban J connectivity index is 2.77. The fraction of sp³-hybridized carbons (Fsp3) is 0.818. The van der Waals surface area contributed by atoms with Gasteiger partial charge in [0.25, 0.3) is 5.91 Å². The molecule has 1 N–H and O–H groups in total. The molecule has 1 aliphatic heterocycles. The largest absolute Gasteiger partial charge is 0.325 e. The number of thioether (sulfide) groups is 1. The van der Waals surface area contributed by atoms with Crippen LogP contribution in [0.1, 0.15) is 33.6 Å². The summed E-state index contributed by atoms with van der Waals surface area (Å²) >= 11 is 1.79. The highest BCUT2D eigenvalue weighted by Crippen LogP contribution is 2.29. The lowest BCUT2D eigenvalue weighted by atomic mass is 9.91. The first-order valence-corrected chi connectivity index (χ1v) is 6.98. The van der Waals surface area contributed by atoms with Crippen LogP contribution in [-0.4, -0.2) is 40.4 Å². The van der Waals surface area contributed by atoms with Crippen molar-refractivity contribution in [1.82, 2.24) is 10.2 Å². The number of hydrogen-bond acceptors (Lipinski definition) is 3. The molecule has 1 fully saturated rings. The van der Waals surface area contributed by atoms with E-state index < -0.39 is 5.54 Å². The monoisotopic (exact) mass is 244 g/mol. The van der Waals surface area contributed by atoms with Crippen LogP contribution in [0.25, 0.3) is 0 Å². The molecule has 1 rings (SSSR count). The Labute approximate surface area is 101 Å². The Hall–Kier alpha value is -0.710. The van der Waals surface area contributed by atoms with Crippen LogP contribution >= 0.6 is 11.8 Å². The van der Waals surface area contributed by atoms with E-state index in [0.717, 1.165) is 11.5 Å². The molecule has 92 valence electrons. The van der Waals surface area contributed by atoms with E-state index in [1.807, 2.05) is 13.8 Å². The lowest BCUT2D eigenvalue weighted by molar-refractivity contribution is -0.126. The molecule has 0 radical (unpaired) electrons. The summed E-state index contributed by atoms with van der Waals surface area (Å²) in [5.74, 6) is 1.79. The van der Waals surface area contributed by atoms with Gasteiger partial charge in [0.15, 0.2) is 0 Å². The molecule has 0 saturated carbocycles. The van der Waals surface area contributed by atoms with Crippen LogP contribution in [0.5, 0.6) is 0 Å². The molecule has 3 amide bonds. The Morgan fingerprint density at radius 3 is 2.38 bits per heavy atom. The number of rotatable bonds is 6. The van der Waals surface area contributed by atoms with Gasteiger partial charge in [0, 0.05) is 12.3 Å². The standard InChI is InChI=1S/C11H20N2O2S/c1-4-11(5-2)9(14)12-10(15)13(11)7-8-16-6-3/h4-8H2,1-3H3,(H,12,14,15). The minimum atomic E-state index is -0.606. The van der Waals surface area contributed by atoms with E-state index in [4.69, 9.17) is 0 Å². The molecule has 0 spiro atoms. The second kappa shape index (κ2) is 5.57. The minimum absolute atomic E-state index is 0.135. The molecule has 1 heterocycles. The maximum absolute atomic E-state index is 11.8. The summed E-state index contributed by atoms with van der Waals surface area (Å²) in [6.07, 6.45) is 1.36. The smallest absolute Gasteiger partial charge is 0.309 e. The summed E-state index contributed by atoms with van der Waals surface area (Å²) in [5, 5.41) is 2.43. The summed E-state index contributed by atoms with van der Waals surface area (Å²) in [5.41, 5.74) is -0.606. The van der Waals surface area contributed by atoms with Gasteiger partial charge in [-0.25, -0.2) is 4.79 Å². The van der Waals surface area contributed by atoms with Crippen molar-refractivity contribution in [1.29, 1.82) is 0 Å². The Kier molecular flexibility index (Phi) is 4.65. The zero-order valence-electron chi connectivity index (χ0n) is 10.2. The second-order valence-corrected chi connectivity index (χ2v) is 5.24. The van der Waals surface area contributed by atoms with Crippen LogP contribution in [0.2, 0.25) is 0 Å². The third kappa shape index (κ3) is 2.19. The summed E-state index contributed by atoms with van der Waals surface area (Å²) in [6, 6.07) is -0.231. The van der Waals surface area contributed by atoms with Gasteiger partial charge in [-0.3, -0.25) is 10.1 Å². The van der Waals surface area contributed by atoms with Gasteiger partial charge in [0.1, 0.15) is 5.54 Å². The second-order valence-electron chi connectivity index (χ2n) is 3.85. The van der Waals surface area contributed by atoms with Gasteiger partial charge in [-0.1, -0.05) is 20.8 Å². The summed E-state index contributed by atoms with van der Waals surface area (Å²) in [4.78, 5) is 25.2. The fourth-order valence-corrected chi connectivity index (χ4v) is 2.77. The molecule has 0 aromatic rings. The van der Waals surface area contributed by atoms with Gasteiger partial charge < -0.3 is 4.90 Å². The highest BCUT2D eigenvalue weighted by Gasteiger charge is 2.49. The molecule has 1 saturated heterocycles. The van der Waals surface area contributed by atoms with Gasteiger partial charge in [-0.2, -0.15) is 11.8 Å².